The van der Waals surface area contributed by atoms with Gasteiger partial charge in [-0.2, -0.15) is 0 Å². The van der Waals surface area contributed by atoms with Crippen LogP contribution in [0.3, 0.4) is 0 Å². The van der Waals surface area contributed by atoms with E-state index in [1.807, 2.05) is 0 Å². The van der Waals surface area contributed by atoms with E-state index in [4.69, 9.17) is 5.73 Å². The largest absolute Gasteiger partial charge is 0.340 e. The zero-order chi connectivity index (χ0) is 7.83. The van der Waals surface area contributed by atoms with Crippen LogP contribution in [0.25, 0.3) is 0 Å². The van der Waals surface area contributed by atoms with Gasteiger partial charge < -0.3 is 11.1 Å². The molecule has 0 saturated heterocycles. The van der Waals surface area contributed by atoms with Crippen LogP contribution in [0.4, 0.5) is 8.78 Å². The molecule has 1 aliphatic carbocycles. The van der Waals surface area contributed by atoms with Crippen molar-refractivity contribution < 1.29 is 13.6 Å². The maximum Gasteiger partial charge on any atom is 0.255 e. The number of carbonyl (C=O) groups excluding carboxylic acids is 1. The molecule has 0 unspecified atom stereocenters. The monoisotopic (exact) mass is 150 g/mol. The zero-order valence-corrected chi connectivity index (χ0v) is 5.23. The van der Waals surface area contributed by atoms with Crippen molar-refractivity contribution in [2.45, 2.75) is 24.4 Å². The molecular formula is C5H8F2N2O. The van der Waals surface area contributed by atoms with Crippen LogP contribution in [0.1, 0.15) is 12.8 Å². The van der Waals surface area contributed by atoms with Crippen molar-refractivity contribution in [1.82, 2.24) is 5.32 Å². The van der Waals surface area contributed by atoms with Crippen LogP contribution in [-0.2, 0) is 4.79 Å². The first kappa shape index (κ1) is 7.40. The van der Waals surface area contributed by atoms with Gasteiger partial charge >= 0.3 is 0 Å². The Bertz CT molecular complexity index is 152. The van der Waals surface area contributed by atoms with Gasteiger partial charge in [0.1, 0.15) is 0 Å². The third-order valence-corrected chi connectivity index (χ3v) is 1.49. The number of hydrogen-bond acceptors (Lipinski definition) is 2. The molecule has 0 heterocycles. The van der Waals surface area contributed by atoms with E-state index in [-0.39, 0.29) is 0 Å². The Morgan fingerprint density at radius 1 is 1.50 bits per heavy atom. The average molecular weight is 150 g/mol. The van der Waals surface area contributed by atoms with E-state index >= 15 is 0 Å². The molecule has 0 bridgehead atoms. The first-order chi connectivity index (χ1) is 4.47. The molecule has 1 fully saturated rings. The molecule has 1 rings (SSSR count). The Labute approximate surface area is 56.6 Å². The molecule has 0 aromatic rings. The van der Waals surface area contributed by atoms with Crippen LogP contribution in [0.5, 0.6) is 0 Å². The van der Waals surface area contributed by atoms with Gasteiger partial charge in [-0.15, -0.1) is 0 Å². The summed E-state index contributed by atoms with van der Waals surface area (Å²) in [6.45, 7) is 0. The highest BCUT2D eigenvalue weighted by Gasteiger charge is 2.54. The lowest BCUT2D eigenvalue weighted by molar-refractivity contribution is -0.139. The fourth-order valence-corrected chi connectivity index (χ4v) is 1.09. The number of nitrogens with one attached hydrogen (secondary N) is 1. The van der Waals surface area contributed by atoms with Gasteiger partial charge in [0.15, 0.2) is 0 Å². The summed E-state index contributed by atoms with van der Waals surface area (Å²) in [5, 5.41) is 2.13. The standard InChI is InChI=1S/C5H8F2N2O/c6-4(7)1-5(8,2-4)9-3-10/h3H,1-2,8H2,(H,9,10). The summed E-state index contributed by atoms with van der Waals surface area (Å²) < 4.78 is 24.2. The molecule has 0 aromatic carbocycles. The van der Waals surface area contributed by atoms with E-state index in [0.717, 1.165) is 0 Å². The highest BCUT2D eigenvalue weighted by Crippen LogP contribution is 2.41. The Morgan fingerprint density at radius 2 is 2.00 bits per heavy atom. The van der Waals surface area contributed by atoms with Gasteiger partial charge in [0.25, 0.3) is 5.92 Å². The van der Waals surface area contributed by atoms with Crippen LogP contribution in [0.2, 0.25) is 0 Å². The van der Waals surface area contributed by atoms with Crippen LogP contribution < -0.4 is 11.1 Å². The van der Waals surface area contributed by atoms with Crippen molar-refractivity contribution in [3.8, 4) is 0 Å². The minimum Gasteiger partial charge on any atom is -0.340 e. The predicted molar refractivity (Wildman–Crippen MR) is 30.3 cm³/mol. The highest BCUT2D eigenvalue weighted by molar-refractivity contribution is 5.48. The molecule has 1 saturated carbocycles. The van der Waals surface area contributed by atoms with Gasteiger partial charge in [0, 0.05) is 12.8 Å². The van der Waals surface area contributed by atoms with Crippen LogP contribution in [0.15, 0.2) is 0 Å². The maximum absolute atomic E-state index is 12.1. The lowest BCUT2D eigenvalue weighted by Gasteiger charge is -2.43. The number of nitrogens with two attached hydrogens (primary N) is 1. The van der Waals surface area contributed by atoms with Crippen LogP contribution >= 0.6 is 0 Å². The first-order valence-corrected chi connectivity index (χ1v) is 2.86. The molecule has 0 atom stereocenters. The fourth-order valence-electron chi connectivity index (χ4n) is 1.09. The normalized spacial score (nSPS) is 26.7. The van der Waals surface area contributed by atoms with Gasteiger partial charge in [0.05, 0.1) is 5.66 Å². The topological polar surface area (TPSA) is 55.1 Å². The summed E-state index contributed by atoms with van der Waals surface area (Å²) in [5.74, 6) is -2.69. The molecule has 58 valence electrons. The molecule has 10 heavy (non-hydrogen) atoms. The molecule has 3 nitrogen and oxygen atoms in total. The summed E-state index contributed by atoms with van der Waals surface area (Å²) in [5.41, 5.74) is 4.11. The Balaban J connectivity index is 2.41. The van der Waals surface area contributed by atoms with Gasteiger partial charge in [-0.05, 0) is 0 Å². The van der Waals surface area contributed by atoms with E-state index in [1.54, 1.807) is 0 Å². The molecule has 3 N–H and O–H groups in total. The second kappa shape index (κ2) is 1.88. The minimum absolute atomic E-state index is 0.342. The summed E-state index contributed by atoms with van der Waals surface area (Å²) in [7, 11) is 0. The molecular weight excluding hydrogens is 142 g/mol. The highest BCUT2D eigenvalue weighted by atomic mass is 19.3. The van der Waals surface area contributed by atoms with Crippen molar-refractivity contribution in [2.75, 3.05) is 0 Å². The molecule has 0 radical (unpaired) electrons. The number of hydrogen-bond donors (Lipinski definition) is 2. The summed E-state index contributed by atoms with van der Waals surface area (Å²) in [6.07, 6.45) is -0.577. The van der Waals surface area contributed by atoms with E-state index in [2.05, 4.69) is 5.32 Å². The quantitative estimate of drug-likeness (QED) is 0.423. The number of carbonyl (C=O) groups is 1. The van der Waals surface area contributed by atoms with Gasteiger partial charge in [0.2, 0.25) is 6.41 Å². The van der Waals surface area contributed by atoms with Crippen molar-refractivity contribution in [1.29, 1.82) is 0 Å². The summed E-state index contributed by atoms with van der Waals surface area (Å²) >= 11 is 0. The predicted octanol–water partition coefficient (Wildman–Crippen LogP) is -0.184. The smallest absolute Gasteiger partial charge is 0.255 e. The van der Waals surface area contributed by atoms with Crippen LogP contribution in [0, 0.1) is 0 Å². The third-order valence-electron chi connectivity index (χ3n) is 1.49. The maximum atomic E-state index is 12.1. The lowest BCUT2D eigenvalue weighted by Crippen LogP contribution is -2.66. The summed E-state index contributed by atoms with van der Waals surface area (Å²) in [4.78, 5) is 9.79. The SMILES string of the molecule is NC1(NC=O)CC(F)(F)C1. The Morgan fingerprint density at radius 3 is 2.30 bits per heavy atom. The number of halogens is 2. The second-order valence-corrected chi connectivity index (χ2v) is 2.63. The number of rotatable bonds is 2. The zero-order valence-electron chi connectivity index (χ0n) is 5.23. The molecule has 1 aliphatic rings. The minimum atomic E-state index is -2.69. The van der Waals surface area contributed by atoms with Crippen molar-refractivity contribution in [3.63, 3.8) is 0 Å². The van der Waals surface area contributed by atoms with Crippen molar-refractivity contribution >= 4 is 6.41 Å². The summed E-state index contributed by atoms with van der Waals surface area (Å²) in [6, 6.07) is 0. The molecule has 0 aliphatic heterocycles. The van der Waals surface area contributed by atoms with Gasteiger partial charge in [-0.3, -0.25) is 4.79 Å². The molecule has 1 amide bonds. The Hall–Kier alpha value is -0.710. The van der Waals surface area contributed by atoms with E-state index < -0.39 is 24.4 Å². The second-order valence-electron chi connectivity index (χ2n) is 2.63. The Kier molecular flexibility index (Phi) is 1.39. The molecule has 0 aromatic heterocycles. The number of alkyl halides is 2. The van der Waals surface area contributed by atoms with Gasteiger partial charge in [-0.1, -0.05) is 0 Å². The van der Waals surface area contributed by atoms with Crippen molar-refractivity contribution in [2.24, 2.45) is 5.73 Å². The van der Waals surface area contributed by atoms with Crippen LogP contribution in [-0.4, -0.2) is 18.0 Å². The third kappa shape index (κ3) is 1.23. The first-order valence-electron chi connectivity index (χ1n) is 2.86. The number of amides is 1. The fraction of sp³-hybridized carbons (Fsp3) is 0.800. The molecule has 0 spiro atoms. The van der Waals surface area contributed by atoms with Crippen molar-refractivity contribution in [3.05, 3.63) is 0 Å². The molecule has 5 heteroatoms. The van der Waals surface area contributed by atoms with E-state index in [0.29, 0.717) is 6.41 Å². The van der Waals surface area contributed by atoms with E-state index in [9.17, 15) is 13.6 Å². The van der Waals surface area contributed by atoms with E-state index in [1.165, 1.54) is 0 Å². The van der Waals surface area contributed by atoms with Gasteiger partial charge in [-0.25, -0.2) is 8.78 Å². The lowest BCUT2D eigenvalue weighted by atomic mass is 9.82. The average Bonchev–Trinajstić information content (AvgIpc) is 1.58.